The lowest BCUT2D eigenvalue weighted by molar-refractivity contribution is -0.180. The maximum atomic E-state index is 12.1. The lowest BCUT2D eigenvalue weighted by atomic mass is 9.76. The number of carbonyl (C=O) groups is 10. The number of hydrogen-bond donors (Lipinski definition) is 0. The SMILES string of the molecule is C=C(C)C(=O)OC1C(=O)OC2CC1C1C3CCC(C3)C21.C=C(C)C(=O)OC1C(=O)OC2CC1C1CCCC21.C=C(C)C(=O)OC1C(=O)OC2CCC1C2.C=CC(=O)OC1C(=O)OC2CC1C1C3CCC(C3)C21.C=CC(=O)OC1C(=O)OC2CC1C1CCCC21. The zero-order valence-electron chi connectivity index (χ0n) is 51.4. The Bertz CT molecular complexity index is 2960. The van der Waals surface area contributed by atoms with Crippen molar-refractivity contribution in [3.8, 4) is 0 Å². The first-order valence-electron chi connectivity index (χ1n) is 32.9. The summed E-state index contributed by atoms with van der Waals surface area (Å²) < 4.78 is 53.3. The van der Waals surface area contributed by atoms with E-state index in [1.54, 1.807) is 20.8 Å². The second kappa shape index (κ2) is 25.2. The zero-order chi connectivity index (χ0) is 63.0. The number of hydrogen-bond acceptors (Lipinski definition) is 20. The maximum absolute atomic E-state index is 12.1. The van der Waals surface area contributed by atoms with Crippen LogP contribution in [0.4, 0.5) is 0 Å². The first kappa shape index (κ1) is 62.6. The van der Waals surface area contributed by atoms with Gasteiger partial charge in [-0.15, -0.1) is 0 Å². The van der Waals surface area contributed by atoms with Crippen molar-refractivity contribution in [3.63, 3.8) is 0 Å². The minimum atomic E-state index is -0.715. The smallest absolute Gasteiger partial charge is 0.348 e. The summed E-state index contributed by atoms with van der Waals surface area (Å²) in [7, 11) is 0. The monoisotopic (exact) mass is 1230 g/mol. The molecule has 5 saturated heterocycles. The summed E-state index contributed by atoms with van der Waals surface area (Å²) in [6.07, 6.45) is 19.7. The van der Waals surface area contributed by atoms with E-state index in [4.69, 9.17) is 47.4 Å². The molecule has 16 fully saturated rings. The van der Waals surface area contributed by atoms with E-state index in [-0.39, 0.29) is 84.0 Å². The van der Waals surface area contributed by atoms with Gasteiger partial charge in [0.15, 0.2) is 0 Å². The number of rotatable bonds is 10. The van der Waals surface area contributed by atoms with Gasteiger partial charge in [0, 0.05) is 70.3 Å². The normalized spacial score (nSPS) is 43.5. The first-order valence-corrected chi connectivity index (χ1v) is 32.9. The molecular formula is C69H86O20. The molecule has 0 amide bonds. The second-order valence-electron chi connectivity index (χ2n) is 28.6. The van der Waals surface area contributed by atoms with Gasteiger partial charge in [-0.05, 0) is 189 Å². The minimum Gasteiger partial charge on any atom is -0.460 e. The van der Waals surface area contributed by atoms with Crippen molar-refractivity contribution >= 4 is 59.7 Å². The van der Waals surface area contributed by atoms with Gasteiger partial charge < -0.3 is 47.4 Å². The number of ether oxygens (including phenoxy) is 10. The van der Waals surface area contributed by atoms with Crippen LogP contribution in [0.1, 0.15) is 143 Å². The van der Waals surface area contributed by atoms with E-state index < -0.39 is 66.3 Å². The van der Waals surface area contributed by atoms with Gasteiger partial charge in [0.05, 0.1) is 0 Å². The Morgan fingerprint density at radius 3 is 1.09 bits per heavy atom. The molecule has 11 saturated carbocycles. The van der Waals surface area contributed by atoms with E-state index in [2.05, 4.69) is 32.9 Å². The van der Waals surface area contributed by atoms with Gasteiger partial charge in [-0.1, -0.05) is 45.7 Å². The molecule has 16 aliphatic rings. The van der Waals surface area contributed by atoms with Crippen molar-refractivity contribution in [1.29, 1.82) is 0 Å². The minimum absolute atomic E-state index is 0.0438. The molecule has 0 aromatic carbocycles. The Morgan fingerprint density at radius 1 is 0.348 bits per heavy atom. The summed E-state index contributed by atoms with van der Waals surface area (Å²) in [6, 6.07) is 0. The Labute approximate surface area is 519 Å². The molecule has 20 nitrogen and oxygen atoms in total. The van der Waals surface area contributed by atoms with Crippen LogP contribution in [0.15, 0.2) is 61.8 Å². The molecule has 16 rings (SSSR count). The summed E-state index contributed by atoms with van der Waals surface area (Å²) in [4.78, 5) is 117. The largest absolute Gasteiger partial charge is 0.460 e. The van der Waals surface area contributed by atoms with Crippen LogP contribution in [0.3, 0.4) is 0 Å². The number of fused-ring (bicyclic) bond motifs is 30. The van der Waals surface area contributed by atoms with Crippen LogP contribution in [0, 0.1) is 101 Å². The molecule has 0 spiro atoms. The van der Waals surface area contributed by atoms with Crippen molar-refractivity contribution in [2.24, 2.45) is 101 Å². The fourth-order valence-electron chi connectivity index (χ4n) is 20.5. The molecule has 5 aliphatic heterocycles. The predicted octanol–water partition coefficient (Wildman–Crippen LogP) is 8.26. The summed E-state index contributed by atoms with van der Waals surface area (Å²) in [5.41, 5.74) is 0.969. The Morgan fingerprint density at radius 2 is 0.674 bits per heavy atom. The molecule has 0 radical (unpaired) electrons. The van der Waals surface area contributed by atoms with Crippen molar-refractivity contribution < 1.29 is 95.3 Å². The van der Waals surface area contributed by atoms with Gasteiger partial charge >= 0.3 is 59.7 Å². The summed E-state index contributed by atoms with van der Waals surface area (Å²) in [5, 5.41) is 0. The van der Waals surface area contributed by atoms with E-state index in [0.717, 1.165) is 94.6 Å². The van der Waals surface area contributed by atoms with Crippen molar-refractivity contribution in [3.05, 3.63) is 61.8 Å². The van der Waals surface area contributed by atoms with Gasteiger partial charge in [0.2, 0.25) is 30.5 Å². The highest BCUT2D eigenvalue weighted by molar-refractivity contribution is 5.92. The molecule has 27 atom stereocenters. The highest BCUT2D eigenvalue weighted by Gasteiger charge is 2.66. The molecule has 14 bridgehead atoms. The van der Waals surface area contributed by atoms with Gasteiger partial charge in [0.1, 0.15) is 30.5 Å². The number of carbonyl (C=O) groups excluding carboxylic acids is 10. The fraction of sp³-hybridized carbons (Fsp3) is 0.710. The molecule has 0 aromatic rings. The quantitative estimate of drug-likeness (QED) is 0.0862. The molecule has 482 valence electrons. The average molecular weight is 1240 g/mol. The summed E-state index contributed by atoms with van der Waals surface area (Å²) in [6.45, 7) is 22.1. The molecule has 27 unspecified atom stereocenters. The van der Waals surface area contributed by atoms with Crippen LogP contribution in [-0.2, 0) is 95.3 Å². The molecule has 0 aromatic heterocycles. The second-order valence-corrected chi connectivity index (χ2v) is 28.6. The van der Waals surface area contributed by atoms with Gasteiger partial charge in [-0.3, -0.25) is 0 Å². The highest BCUT2D eigenvalue weighted by Crippen LogP contribution is 2.65. The van der Waals surface area contributed by atoms with E-state index >= 15 is 0 Å². The van der Waals surface area contributed by atoms with Crippen LogP contribution in [0.25, 0.3) is 0 Å². The van der Waals surface area contributed by atoms with Crippen LogP contribution in [0.2, 0.25) is 0 Å². The van der Waals surface area contributed by atoms with Crippen molar-refractivity contribution in [2.75, 3.05) is 0 Å². The third kappa shape index (κ3) is 11.8. The third-order valence-electron chi connectivity index (χ3n) is 23.8. The van der Waals surface area contributed by atoms with Crippen LogP contribution in [-0.4, -0.2) is 121 Å². The Balaban J connectivity index is 0.000000108. The van der Waals surface area contributed by atoms with Crippen molar-refractivity contribution in [2.45, 2.75) is 204 Å². The van der Waals surface area contributed by atoms with E-state index in [1.807, 2.05) is 0 Å². The zero-order valence-corrected chi connectivity index (χ0v) is 51.4. The molecule has 5 heterocycles. The fourth-order valence-corrected chi connectivity index (χ4v) is 20.5. The van der Waals surface area contributed by atoms with Crippen LogP contribution < -0.4 is 0 Å². The highest BCUT2D eigenvalue weighted by atomic mass is 16.6. The Kier molecular flexibility index (Phi) is 17.7. The van der Waals surface area contributed by atoms with Gasteiger partial charge in [-0.2, -0.15) is 0 Å². The lowest BCUT2D eigenvalue weighted by Crippen LogP contribution is -2.42. The molecule has 0 N–H and O–H groups in total. The number of esters is 10. The standard InChI is InChI=1S/C16H20O4.C15H18O4.C14H18O4.C13H16O4.C11H14O4/c1-7(2)15(17)20-14-10-6-11(19-16(14)18)13-9-4-3-8(5-9)12(10)13;1-2-11(16)19-14-9-6-10(18-15(14)17)13-8-4-3-7(5-8)12(9)13;1-7(2)13(15)18-12-10-6-11(17-14(12)16)9-5-3-4-8(9)10;1-2-11(14)17-12-9-6-10(16-13(12)15)8-5-3-4-7(8)9;1-6(2)10(12)15-9-7-3-4-8(5-7)14-11(9)13/h8-14H,1,3-6H2,2H3;2,7-10,12-14H,1,3-6H2;8-12H,1,3-6H2,2H3;2,7-10,12H,1,3-6H2;7-9H,1,3-5H2,2H3. The molecular weight excluding hydrogens is 1150 g/mol. The summed E-state index contributed by atoms with van der Waals surface area (Å²) in [5.74, 6) is 3.42. The van der Waals surface area contributed by atoms with E-state index in [1.165, 1.54) is 51.4 Å². The first-order chi connectivity index (χ1) is 42.6. The van der Waals surface area contributed by atoms with E-state index in [0.29, 0.717) is 75.9 Å². The Hall–Kier alpha value is -6.60. The van der Waals surface area contributed by atoms with Crippen LogP contribution in [0.5, 0.6) is 0 Å². The predicted molar refractivity (Wildman–Crippen MR) is 311 cm³/mol. The van der Waals surface area contributed by atoms with Gasteiger partial charge in [0.25, 0.3) is 0 Å². The van der Waals surface area contributed by atoms with E-state index in [9.17, 15) is 47.9 Å². The van der Waals surface area contributed by atoms with Crippen molar-refractivity contribution in [1.82, 2.24) is 0 Å². The molecule has 89 heavy (non-hydrogen) atoms. The summed E-state index contributed by atoms with van der Waals surface area (Å²) >= 11 is 0. The lowest BCUT2D eigenvalue weighted by Gasteiger charge is -2.31. The van der Waals surface area contributed by atoms with Gasteiger partial charge in [-0.25, -0.2) is 47.9 Å². The molecule has 11 aliphatic carbocycles. The topological polar surface area (TPSA) is 263 Å². The third-order valence-corrected chi connectivity index (χ3v) is 23.8. The molecule has 20 heteroatoms. The maximum Gasteiger partial charge on any atom is 0.348 e. The average Bonchev–Trinajstić information content (AvgIpc) is 1.58. The van der Waals surface area contributed by atoms with Crippen LogP contribution >= 0.6 is 0 Å².